The average Bonchev–Trinajstić information content (AvgIpc) is 2.28. The lowest BCUT2D eigenvalue weighted by atomic mass is 10.3. The Hall–Kier alpha value is -1.34. The summed E-state index contributed by atoms with van der Waals surface area (Å²) in [6, 6.07) is 3.04. The van der Waals surface area contributed by atoms with Gasteiger partial charge in [0.1, 0.15) is 11.5 Å². The number of aliphatic hydroxyl groups excluding tert-OH is 1. The fourth-order valence-electron chi connectivity index (χ4n) is 1.22. The number of methoxy groups -OCH3 is 1. The quantitative estimate of drug-likeness (QED) is 0.832. The molecule has 0 saturated carbocycles. The van der Waals surface area contributed by atoms with E-state index in [1.165, 1.54) is 19.2 Å². The molecule has 4 nitrogen and oxygen atoms in total. The summed E-state index contributed by atoms with van der Waals surface area (Å²) in [5.74, 6) is 0.0518. The van der Waals surface area contributed by atoms with Crippen LogP contribution in [0, 0.1) is 0 Å². The lowest BCUT2D eigenvalue weighted by Gasteiger charge is -2.16. The number of hydrogen-bond acceptors (Lipinski definition) is 4. The van der Waals surface area contributed by atoms with E-state index in [0.717, 1.165) is 6.07 Å². The van der Waals surface area contributed by atoms with Crippen molar-refractivity contribution in [3.63, 3.8) is 0 Å². The van der Waals surface area contributed by atoms with Crippen LogP contribution in [-0.4, -0.2) is 36.5 Å². The van der Waals surface area contributed by atoms with Gasteiger partial charge in [0.05, 0.1) is 19.3 Å². The van der Waals surface area contributed by atoms with Crippen LogP contribution in [-0.2, 0) is 10.9 Å². The van der Waals surface area contributed by atoms with Gasteiger partial charge in [0, 0.05) is 7.11 Å². The topological polar surface area (TPSA) is 54.4 Å². The number of rotatable bonds is 5. The molecular weight excluding hydrogens is 237 g/mol. The Balaban J connectivity index is 2.78. The molecule has 0 aromatic carbocycles. The smallest absolute Gasteiger partial charge is 0.394 e. The van der Waals surface area contributed by atoms with Gasteiger partial charge in [0.2, 0.25) is 0 Å². The molecular formula is C10H13F3N2O2. The largest absolute Gasteiger partial charge is 0.433 e. The number of ether oxygens (including phenoxy) is 1. The van der Waals surface area contributed by atoms with E-state index in [9.17, 15) is 13.2 Å². The van der Waals surface area contributed by atoms with Crippen LogP contribution in [0.5, 0.6) is 0 Å². The van der Waals surface area contributed by atoms with Gasteiger partial charge in [0.15, 0.2) is 0 Å². The lowest BCUT2D eigenvalue weighted by molar-refractivity contribution is -0.141. The van der Waals surface area contributed by atoms with Gasteiger partial charge in [-0.25, -0.2) is 4.98 Å². The molecule has 0 amide bonds. The highest BCUT2D eigenvalue weighted by atomic mass is 19.4. The number of aromatic nitrogens is 1. The van der Waals surface area contributed by atoms with E-state index in [2.05, 4.69) is 10.3 Å². The number of alkyl halides is 3. The second-order valence-corrected chi connectivity index (χ2v) is 3.39. The first-order valence-electron chi connectivity index (χ1n) is 4.88. The minimum absolute atomic E-state index is 0.0518. The van der Waals surface area contributed by atoms with Crippen LogP contribution < -0.4 is 5.32 Å². The van der Waals surface area contributed by atoms with Gasteiger partial charge in [-0.15, -0.1) is 0 Å². The molecule has 2 N–H and O–H groups in total. The summed E-state index contributed by atoms with van der Waals surface area (Å²) in [6.45, 7) is -0.0831. The molecule has 0 fully saturated rings. The van der Waals surface area contributed by atoms with E-state index in [1.807, 2.05) is 0 Å². The third-order valence-electron chi connectivity index (χ3n) is 1.98. The number of hydrogen-bond donors (Lipinski definition) is 2. The second-order valence-electron chi connectivity index (χ2n) is 3.39. The van der Waals surface area contributed by atoms with Crippen molar-refractivity contribution in [3.05, 3.63) is 23.9 Å². The van der Waals surface area contributed by atoms with Gasteiger partial charge in [-0.1, -0.05) is 6.07 Å². The zero-order valence-corrected chi connectivity index (χ0v) is 9.16. The predicted molar refractivity (Wildman–Crippen MR) is 55.6 cm³/mol. The minimum Gasteiger partial charge on any atom is -0.394 e. The van der Waals surface area contributed by atoms with Crippen LogP contribution in [0.15, 0.2) is 18.2 Å². The molecule has 1 rings (SSSR count). The van der Waals surface area contributed by atoms with Crippen molar-refractivity contribution < 1.29 is 23.0 Å². The molecule has 0 saturated heterocycles. The van der Waals surface area contributed by atoms with Crippen LogP contribution in [0.1, 0.15) is 5.69 Å². The average molecular weight is 250 g/mol. The second kappa shape index (κ2) is 5.83. The number of anilines is 1. The van der Waals surface area contributed by atoms with E-state index >= 15 is 0 Å². The number of nitrogens with zero attached hydrogens (tertiary/aromatic N) is 1. The molecule has 0 aliphatic rings. The van der Waals surface area contributed by atoms with Crippen LogP contribution in [0.2, 0.25) is 0 Å². The first-order valence-corrected chi connectivity index (χ1v) is 4.88. The van der Waals surface area contributed by atoms with E-state index in [0.29, 0.717) is 0 Å². The third-order valence-corrected chi connectivity index (χ3v) is 1.98. The molecule has 0 spiro atoms. The molecule has 1 heterocycles. The summed E-state index contributed by atoms with van der Waals surface area (Å²) in [4.78, 5) is 3.41. The number of nitrogens with one attached hydrogen (secondary N) is 1. The van der Waals surface area contributed by atoms with Gasteiger partial charge in [-0.2, -0.15) is 13.2 Å². The molecule has 0 bridgehead atoms. The van der Waals surface area contributed by atoms with Crippen molar-refractivity contribution in [1.82, 2.24) is 4.98 Å². The lowest BCUT2D eigenvalue weighted by Crippen LogP contribution is -2.29. The number of halogens is 3. The summed E-state index contributed by atoms with van der Waals surface area (Å²) in [5.41, 5.74) is -0.975. The molecule has 96 valence electrons. The maximum atomic E-state index is 12.4. The van der Waals surface area contributed by atoms with Crippen molar-refractivity contribution in [1.29, 1.82) is 0 Å². The van der Waals surface area contributed by atoms with Crippen molar-refractivity contribution in [3.8, 4) is 0 Å². The summed E-state index contributed by atoms with van der Waals surface area (Å²) in [5, 5.41) is 11.6. The summed E-state index contributed by atoms with van der Waals surface area (Å²) in [7, 11) is 1.43. The molecule has 0 radical (unpaired) electrons. The zero-order valence-electron chi connectivity index (χ0n) is 9.16. The summed E-state index contributed by atoms with van der Waals surface area (Å²) >= 11 is 0. The SMILES string of the molecule is COCC(CO)Nc1cccc(C(F)(F)F)n1. The standard InChI is InChI=1S/C10H13F3N2O2/c1-17-6-7(5-16)14-9-4-2-3-8(15-9)10(11,12)13/h2-4,7,16H,5-6H2,1H3,(H,14,15). The maximum Gasteiger partial charge on any atom is 0.433 e. The van der Waals surface area contributed by atoms with Crippen molar-refractivity contribution in [2.75, 3.05) is 25.6 Å². The van der Waals surface area contributed by atoms with Crippen LogP contribution in [0.4, 0.5) is 19.0 Å². The van der Waals surface area contributed by atoms with Crippen LogP contribution in [0.3, 0.4) is 0 Å². The van der Waals surface area contributed by atoms with Crippen LogP contribution in [0.25, 0.3) is 0 Å². The monoisotopic (exact) mass is 250 g/mol. The number of pyridine rings is 1. The normalized spacial score (nSPS) is 13.5. The van der Waals surface area contributed by atoms with E-state index < -0.39 is 17.9 Å². The first kappa shape index (κ1) is 13.7. The molecule has 7 heteroatoms. The van der Waals surface area contributed by atoms with Crippen LogP contribution >= 0.6 is 0 Å². The Morgan fingerprint density at radius 1 is 1.47 bits per heavy atom. The minimum atomic E-state index is -4.48. The Labute approximate surface area is 96.4 Å². The van der Waals surface area contributed by atoms with E-state index in [1.54, 1.807) is 0 Å². The summed E-state index contributed by atoms with van der Waals surface area (Å²) in [6.07, 6.45) is -4.48. The first-order chi connectivity index (χ1) is 7.97. The van der Waals surface area contributed by atoms with Crippen molar-refractivity contribution in [2.24, 2.45) is 0 Å². The van der Waals surface area contributed by atoms with Gasteiger partial charge in [-0.3, -0.25) is 0 Å². The Kier molecular flexibility index (Phi) is 4.71. The van der Waals surface area contributed by atoms with Crippen molar-refractivity contribution >= 4 is 5.82 Å². The molecule has 0 aliphatic heterocycles. The predicted octanol–water partition coefficient (Wildman–Crippen LogP) is 1.52. The molecule has 1 unspecified atom stereocenters. The van der Waals surface area contributed by atoms with E-state index in [4.69, 9.17) is 9.84 Å². The fourth-order valence-corrected chi connectivity index (χ4v) is 1.22. The van der Waals surface area contributed by atoms with Crippen molar-refractivity contribution in [2.45, 2.75) is 12.2 Å². The summed E-state index contributed by atoms with van der Waals surface area (Å²) < 4.78 is 41.9. The van der Waals surface area contributed by atoms with Gasteiger partial charge >= 0.3 is 6.18 Å². The van der Waals surface area contributed by atoms with Gasteiger partial charge < -0.3 is 15.2 Å². The van der Waals surface area contributed by atoms with Gasteiger partial charge in [-0.05, 0) is 12.1 Å². The molecule has 1 aromatic heterocycles. The highest BCUT2D eigenvalue weighted by molar-refractivity contribution is 5.37. The third kappa shape index (κ3) is 4.20. The van der Waals surface area contributed by atoms with E-state index in [-0.39, 0.29) is 19.0 Å². The molecule has 1 atom stereocenters. The molecule has 17 heavy (non-hydrogen) atoms. The fraction of sp³-hybridized carbons (Fsp3) is 0.500. The Bertz CT molecular complexity index is 358. The highest BCUT2D eigenvalue weighted by Gasteiger charge is 2.32. The Morgan fingerprint density at radius 2 is 2.18 bits per heavy atom. The zero-order chi connectivity index (χ0) is 12.9. The highest BCUT2D eigenvalue weighted by Crippen LogP contribution is 2.28. The molecule has 0 aliphatic carbocycles. The van der Waals surface area contributed by atoms with Gasteiger partial charge in [0.25, 0.3) is 0 Å². The molecule has 1 aromatic rings. The maximum absolute atomic E-state index is 12.4. The number of aliphatic hydroxyl groups is 1. The Morgan fingerprint density at radius 3 is 2.71 bits per heavy atom.